The topological polar surface area (TPSA) is 97.0 Å². The van der Waals surface area contributed by atoms with Crippen LogP contribution < -0.4 is 11.5 Å². The maximum Gasteiger partial charge on any atom is 0.124 e. The molecule has 2 rings (SSSR count). The third kappa shape index (κ3) is 6.24. The first-order chi connectivity index (χ1) is 11.9. The van der Waals surface area contributed by atoms with Crippen molar-refractivity contribution in [1.29, 1.82) is 0 Å². The highest BCUT2D eigenvalue weighted by Crippen LogP contribution is 2.28. The Morgan fingerprint density at radius 1 is 1.48 bits per heavy atom. The maximum atomic E-state index is 13.3. The lowest BCUT2D eigenvalue weighted by Crippen LogP contribution is -2.24. The van der Waals surface area contributed by atoms with Gasteiger partial charge in [0.15, 0.2) is 0 Å². The normalized spacial score (nSPS) is 18.0. The first-order valence-corrected chi connectivity index (χ1v) is 9.05. The van der Waals surface area contributed by atoms with E-state index in [1.807, 2.05) is 22.6 Å². The highest BCUT2D eigenvalue weighted by molar-refractivity contribution is 14.1. The lowest BCUT2D eigenvalue weighted by atomic mass is 10.1. The molecule has 0 spiro atoms. The fraction of sp³-hybridized carbons (Fsp3) is 0.333. The summed E-state index contributed by atoms with van der Waals surface area (Å²) in [6.07, 6.45) is 5.79. The zero-order valence-electron chi connectivity index (χ0n) is 14.0. The average molecular weight is 456 g/mol. The fourth-order valence-electron chi connectivity index (χ4n) is 2.10. The quantitative estimate of drug-likeness (QED) is 0.435. The molecule has 1 aliphatic carbocycles. The van der Waals surface area contributed by atoms with Crippen molar-refractivity contribution < 1.29 is 9.50 Å². The molecule has 0 heterocycles. The summed E-state index contributed by atoms with van der Waals surface area (Å²) in [5, 5.41) is 10.7. The molecule has 1 saturated carbocycles. The van der Waals surface area contributed by atoms with E-state index in [1.165, 1.54) is 31.2 Å². The number of benzene rings is 1. The molecule has 0 saturated heterocycles. The van der Waals surface area contributed by atoms with Gasteiger partial charge in [0.05, 0.1) is 11.4 Å². The molecule has 1 aromatic rings. The number of rotatable bonds is 7. The zero-order chi connectivity index (χ0) is 18.4. The summed E-state index contributed by atoms with van der Waals surface area (Å²) in [5.41, 5.74) is 13.2. The van der Waals surface area contributed by atoms with Gasteiger partial charge in [-0.15, -0.1) is 0 Å². The van der Waals surface area contributed by atoms with Gasteiger partial charge in [0.25, 0.3) is 0 Å². The van der Waals surface area contributed by atoms with E-state index in [-0.39, 0.29) is 5.82 Å². The predicted molar refractivity (Wildman–Crippen MR) is 109 cm³/mol. The van der Waals surface area contributed by atoms with Crippen LogP contribution in [0, 0.1) is 15.3 Å². The summed E-state index contributed by atoms with van der Waals surface area (Å²) in [5.74, 6) is 0.304. The molecule has 5 nitrogen and oxygen atoms in total. The van der Waals surface area contributed by atoms with Crippen LogP contribution in [0.3, 0.4) is 0 Å². The van der Waals surface area contributed by atoms with Crippen molar-refractivity contribution in [2.24, 2.45) is 27.4 Å². The first-order valence-electron chi connectivity index (χ1n) is 7.97. The molecule has 7 heteroatoms. The van der Waals surface area contributed by atoms with Crippen LogP contribution in [0.2, 0.25) is 0 Å². The van der Waals surface area contributed by atoms with Crippen molar-refractivity contribution >= 4 is 40.2 Å². The van der Waals surface area contributed by atoms with E-state index in [0.29, 0.717) is 32.2 Å². The number of hydrogen-bond acceptors (Lipinski definition) is 5. The van der Waals surface area contributed by atoms with Crippen molar-refractivity contribution in [3.63, 3.8) is 0 Å². The van der Waals surface area contributed by atoms with Gasteiger partial charge in [-0.2, -0.15) is 0 Å². The molecule has 0 radical (unpaired) electrons. The first kappa shape index (κ1) is 19.6. The van der Waals surface area contributed by atoms with Gasteiger partial charge in [-0.3, -0.25) is 4.99 Å². The Bertz CT molecular complexity index is 735. The second-order valence-corrected chi connectivity index (χ2v) is 7.19. The highest BCUT2D eigenvalue weighted by atomic mass is 127. The third-order valence-electron chi connectivity index (χ3n) is 3.62. The highest BCUT2D eigenvalue weighted by Gasteiger charge is 2.20. The number of aliphatic imine (C=N–C) groups is 2. The second kappa shape index (κ2) is 9.10. The van der Waals surface area contributed by atoms with Gasteiger partial charge in [-0.05, 0) is 72.5 Å². The molecular weight excluding hydrogens is 434 g/mol. The standard InChI is InChI=1S/C18H22FIN4O/c1-11(22)6-17(24-16-5-4-14(19)7-15(16)20)18(25)13(8-21)10-23-9-12-2-3-12/h4-8,10,12,18,25H,2-3,9,21-22H2,1H3. The third-order valence-corrected chi connectivity index (χ3v) is 4.49. The molecule has 134 valence electrons. The minimum absolute atomic E-state index is 0.319. The van der Waals surface area contributed by atoms with Gasteiger partial charge in [0, 0.05) is 33.8 Å². The summed E-state index contributed by atoms with van der Waals surface area (Å²) in [4.78, 5) is 8.77. The zero-order valence-corrected chi connectivity index (χ0v) is 16.1. The van der Waals surface area contributed by atoms with E-state index < -0.39 is 6.10 Å². The van der Waals surface area contributed by atoms with Crippen molar-refractivity contribution in [1.82, 2.24) is 0 Å². The number of allylic oxidation sites excluding steroid dienone is 1. The molecule has 0 bridgehead atoms. The molecule has 25 heavy (non-hydrogen) atoms. The molecule has 0 amide bonds. The smallest absolute Gasteiger partial charge is 0.124 e. The summed E-state index contributed by atoms with van der Waals surface area (Å²) < 4.78 is 13.9. The number of nitrogens with zero attached hydrogens (tertiary/aromatic N) is 2. The van der Waals surface area contributed by atoms with Crippen LogP contribution in [-0.2, 0) is 0 Å². The number of nitrogens with two attached hydrogens (primary N) is 2. The minimum atomic E-state index is -1.08. The summed E-state index contributed by atoms with van der Waals surface area (Å²) in [6.45, 7) is 2.43. The lowest BCUT2D eigenvalue weighted by molar-refractivity contribution is 0.284. The van der Waals surface area contributed by atoms with Gasteiger partial charge in [0.1, 0.15) is 11.9 Å². The van der Waals surface area contributed by atoms with E-state index in [9.17, 15) is 9.50 Å². The molecule has 1 unspecified atom stereocenters. The van der Waals surface area contributed by atoms with E-state index in [4.69, 9.17) is 11.5 Å². The van der Waals surface area contributed by atoms with Gasteiger partial charge in [-0.25, -0.2) is 9.38 Å². The van der Waals surface area contributed by atoms with Crippen molar-refractivity contribution in [3.8, 4) is 0 Å². The summed E-state index contributed by atoms with van der Waals surface area (Å²) in [7, 11) is 0. The van der Waals surface area contributed by atoms with E-state index in [1.54, 1.807) is 25.3 Å². The average Bonchev–Trinajstić information content (AvgIpc) is 3.36. The number of halogens is 2. The summed E-state index contributed by atoms with van der Waals surface area (Å²) >= 11 is 1.99. The van der Waals surface area contributed by atoms with E-state index >= 15 is 0 Å². The Labute approximate surface area is 160 Å². The number of aliphatic hydroxyl groups excluding tert-OH is 1. The van der Waals surface area contributed by atoms with Gasteiger partial charge < -0.3 is 16.6 Å². The van der Waals surface area contributed by atoms with E-state index in [2.05, 4.69) is 9.98 Å². The van der Waals surface area contributed by atoms with Crippen LogP contribution in [0.1, 0.15) is 19.8 Å². The molecule has 1 atom stereocenters. The fourth-order valence-corrected chi connectivity index (χ4v) is 2.70. The van der Waals surface area contributed by atoms with Crippen LogP contribution in [0.5, 0.6) is 0 Å². The van der Waals surface area contributed by atoms with Crippen molar-refractivity contribution in [2.75, 3.05) is 6.54 Å². The predicted octanol–water partition coefficient (Wildman–Crippen LogP) is 3.05. The molecule has 0 aromatic heterocycles. The van der Waals surface area contributed by atoms with Crippen LogP contribution in [0.15, 0.2) is 51.7 Å². The van der Waals surface area contributed by atoms with Crippen LogP contribution in [0.4, 0.5) is 10.1 Å². The number of hydrogen-bond donors (Lipinski definition) is 3. The molecule has 1 fully saturated rings. The maximum absolute atomic E-state index is 13.3. The molecule has 5 N–H and O–H groups in total. The number of aliphatic hydroxyl groups is 1. The Kier molecular flexibility index (Phi) is 7.12. The minimum Gasteiger partial charge on any atom is -0.404 e. The Morgan fingerprint density at radius 3 is 2.76 bits per heavy atom. The van der Waals surface area contributed by atoms with E-state index in [0.717, 1.165) is 6.54 Å². The summed E-state index contributed by atoms with van der Waals surface area (Å²) in [6, 6.07) is 4.25. The van der Waals surface area contributed by atoms with Gasteiger partial charge in [0.2, 0.25) is 0 Å². The molecule has 1 aliphatic rings. The van der Waals surface area contributed by atoms with Gasteiger partial charge >= 0.3 is 0 Å². The lowest BCUT2D eigenvalue weighted by Gasteiger charge is -2.13. The molecular formula is C18H22FIN4O. The Balaban J connectivity index is 2.29. The monoisotopic (exact) mass is 456 g/mol. The van der Waals surface area contributed by atoms with Crippen LogP contribution in [0.25, 0.3) is 0 Å². The molecule has 0 aliphatic heterocycles. The van der Waals surface area contributed by atoms with Crippen LogP contribution in [-0.4, -0.2) is 29.7 Å². The van der Waals surface area contributed by atoms with Crippen LogP contribution >= 0.6 is 22.6 Å². The Hall–Kier alpha value is -1.74. The Morgan fingerprint density at radius 2 is 2.20 bits per heavy atom. The largest absolute Gasteiger partial charge is 0.404 e. The molecule has 1 aromatic carbocycles. The second-order valence-electron chi connectivity index (χ2n) is 6.03. The SMILES string of the molecule is CC(N)=CC(=Nc1ccc(F)cc1I)C(O)C(C=NCC1CC1)=CN. The van der Waals surface area contributed by atoms with Gasteiger partial charge in [-0.1, -0.05) is 0 Å². The van der Waals surface area contributed by atoms with Crippen molar-refractivity contribution in [2.45, 2.75) is 25.9 Å². The van der Waals surface area contributed by atoms with Crippen molar-refractivity contribution in [3.05, 3.63) is 51.1 Å².